The fourth-order valence-electron chi connectivity index (χ4n) is 3.49. The molecule has 3 rings (SSSR count). The zero-order chi connectivity index (χ0) is 20.4. The topological polar surface area (TPSA) is 93.8 Å². The molecule has 1 aromatic heterocycles. The van der Waals surface area contributed by atoms with Crippen LogP contribution < -0.4 is 19.8 Å². The molecule has 0 radical (unpaired) electrons. The molecule has 1 atom stereocenters. The van der Waals surface area contributed by atoms with Crippen LogP contribution in [-0.4, -0.2) is 48.6 Å². The number of amides is 1. The van der Waals surface area contributed by atoms with Gasteiger partial charge in [0.25, 0.3) is 11.5 Å². The molecule has 2 heterocycles. The number of aromatic amines is 1. The van der Waals surface area contributed by atoms with Crippen LogP contribution in [0.25, 0.3) is 0 Å². The van der Waals surface area contributed by atoms with Crippen LogP contribution in [0.2, 0.25) is 0 Å². The van der Waals surface area contributed by atoms with E-state index in [-0.39, 0.29) is 17.5 Å². The van der Waals surface area contributed by atoms with Gasteiger partial charge in [-0.2, -0.15) is 0 Å². The summed E-state index contributed by atoms with van der Waals surface area (Å²) >= 11 is 0. The van der Waals surface area contributed by atoms with Crippen molar-refractivity contribution < 1.29 is 19.0 Å². The van der Waals surface area contributed by atoms with Crippen molar-refractivity contribution in [1.82, 2.24) is 14.9 Å². The highest BCUT2D eigenvalue weighted by Gasteiger charge is 2.33. The minimum atomic E-state index is -0.279. The summed E-state index contributed by atoms with van der Waals surface area (Å²) in [5.74, 6) is 1.60. The van der Waals surface area contributed by atoms with Gasteiger partial charge in [0.15, 0.2) is 11.5 Å². The number of rotatable bonds is 5. The third-order valence-corrected chi connectivity index (χ3v) is 5.15. The lowest BCUT2D eigenvalue weighted by molar-refractivity contribution is 0.0728. The number of aromatic nitrogens is 2. The Kier molecular flexibility index (Phi) is 5.58. The van der Waals surface area contributed by atoms with Crippen LogP contribution in [0.15, 0.2) is 16.9 Å². The van der Waals surface area contributed by atoms with E-state index in [9.17, 15) is 9.59 Å². The average molecular weight is 387 g/mol. The van der Waals surface area contributed by atoms with Gasteiger partial charge >= 0.3 is 0 Å². The lowest BCUT2D eigenvalue weighted by Gasteiger charge is -2.25. The van der Waals surface area contributed by atoms with E-state index in [2.05, 4.69) is 9.97 Å². The molecule has 8 nitrogen and oxygen atoms in total. The molecule has 0 saturated carbocycles. The summed E-state index contributed by atoms with van der Waals surface area (Å²) in [4.78, 5) is 34.5. The Morgan fingerprint density at radius 3 is 2.32 bits per heavy atom. The molecule has 1 aliphatic heterocycles. The van der Waals surface area contributed by atoms with Crippen LogP contribution in [0.1, 0.15) is 46.3 Å². The highest BCUT2D eigenvalue weighted by molar-refractivity contribution is 5.96. The van der Waals surface area contributed by atoms with E-state index >= 15 is 0 Å². The van der Waals surface area contributed by atoms with Crippen molar-refractivity contribution >= 4 is 5.91 Å². The second-order valence-electron chi connectivity index (χ2n) is 6.73. The van der Waals surface area contributed by atoms with Crippen molar-refractivity contribution in [3.63, 3.8) is 0 Å². The summed E-state index contributed by atoms with van der Waals surface area (Å²) in [6.07, 6.45) is 1.57. The quantitative estimate of drug-likeness (QED) is 0.847. The van der Waals surface area contributed by atoms with Crippen LogP contribution >= 0.6 is 0 Å². The predicted molar refractivity (Wildman–Crippen MR) is 103 cm³/mol. The van der Waals surface area contributed by atoms with E-state index in [1.54, 1.807) is 30.9 Å². The molecular formula is C20H25N3O5. The molecule has 1 fully saturated rings. The lowest BCUT2D eigenvalue weighted by Crippen LogP contribution is -2.33. The number of likely N-dealkylation sites (tertiary alicyclic amines) is 1. The van der Waals surface area contributed by atoms with Crippen LogP contribution in [0.5, 0.6) is 17.2 Å². The van der Waals surface area contributed by atoms with Gasteiger partial charge in [-0.3, -0.25) is 9.59 Å². The monoisotopic (exact) mass is 387 g/mol. The summed E-state index contributed by atoms with van der Waals surface area (Å²) in [5.41, 5.74) is 1.51. The van der Waals surface area contributed by atoms with E-state index in [1.165, 1.54) is 21.3 Å². The molecule has 0 aliphatic carbocycles. The molecule has 1 unspecified atom stereocenters. The molecule has 1 amide bonds. The average Bonchev–Trinajstić information content (AvgIpc) is 3.19. The number of nitrogens with one attached hydrogen (secondary N) is 1. The van der Waals surface area contributed by atoms with Crippen molar-refractivity contribution in [2.24, 2.45) is 0 Å². The van der Waals surface area contributed by atoms with Crippen LogP contribution in [0, 0.1) is 13.8 Å². The summed E-state index contributed by atoms with van der Waals surface area (Å²) in [5, 5.41) is 0. The number of hydrogen-bond acceptors (Lipinski definition) is 6. The molecule has 1 N–H and O–H groups in total. The molecule has 0 spiro atoms. The molecule has 1 saturated heterocycles. The van der Waals surface area contributed by atoms with Gasteiger partial charge in [0.05, 0.1) is 27.4 Å². The van der Waals surface area contributed by atoms with Crippen LogP contribution in [0.3, 0.4) is 0 Å². The smallest absolute Gasteiger partial charge is 0.254 e. The highest BCUT2D eigenvalue weighted by atomic mass is 16.5. The van der Waals surface area contributed by atoms with Crippen LogP contribution in [0.4, 0.5) is 0 Å². The second kappa shape index (κ2) is 7.92. The number of H-pyrrole nitrogens is 1. The van der Waals surface area contributed by atoms with Crippen molar-refractivity contribution in [3.05, 3.63) is 45.1 Å². The Balaban J connectivity index is 1.99. The molecule has 150 valence electrons. The maximum Gasteiger partial charge on any atom is 0.254 e. The summed E-state index contributed by atoms with van der Waals surface area (Å²) in [6.45, 7) is 4.11. The summed E-state index contributed by atoms with van der Waals surface area (Å²) in [6, 6.07) is 2.99. The normalized spacial score (nSPS) is 16.2. The van der Waals surface area contributed by atoms with Crippen molar-refractivity contribution in [3.8, 4) is 17.2 Å². The van der Waals surface area contributed by atoms with Gasteiger partial charge in [-0.15, -0.1) is 0 Å². The molecule has 2 aromatic rings. The Bertz CT molecular complexity index is 928. The number of nitrogens with zero attached hydrogens (tertiary/aromatic N) is 2. The maximum absolute atomic E-state index is 13.3. The van der Waals surface area contributed by atoms with Gasteiger partial charge in [0, 0.05) is 23.4 Å². The molecule has 28 heavy (non-hydrogen) atoms. The van der Waals surface area contributed by atoms with E-state index in [1.807, 2.05) is 0 Å². The largest absolute Gasteiger partial charge is 0.493 e. The number of ether oxygens (including phenoxy) is 3. The van der Waals surface area contributed by atoms with Crippen molar-refractivity contribution in [2.75, 3.05) is 27.9 Å². The molecule has 1 aromatic carbocycles. The summed E-state index contributed by atoms with van der Waals surface area (Å²) < 4.78 is 16.0. The number of carbonyl (C=O) groups is 1. The number of benzene rings is 1. The second-order valence-corrected chi connectivity index (χ2v) is 6.73. The maximum atomic E-state index is 13.3. The zero-order valence-corrected chi connectivity index (χ0v) is 16.8. The van der Waals surface area contributed by atoms with E-state index in [0.717, 1.165) is 12.8 Å². The standard InChI is InChI=1S/C20H25N3O5/c1-11-12(2)21-18(22-19(11)24)14-7-6-8-23(14)20(25)13-9-15(26-3)17(28-5)16(10-13)27-4/h9-10,14H,6-8H2,1-5H3,(H,21,22,24). The van der Waals surface area contributed by atoms with Gasteiger partial charge in [-0.25, -0.2) is 4.98 Å². The Labute approximate surface area is 163 Å². The first-order valence-corrected chi connectivity index (χ1v) is 9.09. The van der Waals surface area contributed by atoms with E-state index in [4.69, 9.17) is 14.2 Å². The molecule has 1 aliphatic rings. The summed E-state index contributed by atoms with van der Waals surface area (Å²) in [7, 11) is 4.53. The van der Waals surface area contributed by atoms with Crippen molar-refractivity contribution in [2.45, 2.75) is 32.7 Å². The van der Waals surface area contributed by atoms with E-state index in [0.29, 0.717) is 46.4 Å². The minimum Gasteiger partial charge on any atom is -0.493 e. The first-order valence-electron chi connectivity index (χ1n) is 9.09. The fraction of sp³-hybridized carbons (Fsp3) is 0.450. The Morgan fingerprint density at radius 1 is 1.14 bits per heavy atom. The Morgan fingerprint density at radius 2 is 1.79 bits per heavy atom. The van der Waals surface area contributed by atoms with Gasteiger partial charge < -0.3 is 24.1 Å². The third kappa shape index (κ3) is 3.42. The predicted octanol–water partition coefficient (Wildman–Crippen LogP) is 2.39. The number of carbonyl (C=O) groups excluding carboxylic acids is 1. The van der Waals surface area contributed by atoms with E-state index < -0.39 is 0 Å². The molecular weight excluding hydrogens is 362 g/mol. The van der Waals surface area contributed by atoms with Crippen LogP contribution in [-0.2, 0) is 0 Å². The third-order valence-electron chi connectivity index (χ3n) is 5.15. The van der Waals surface area contributed by atoms with Gasteiger partial charge in [-0.05, 0) is 38.8 Å². The molecule has 0 bridgehead atoms. The first kappa shape index (κ1) is 19.7. The minimum absolute atomic E-state index is 0.172. The van der Waals surface area contributed by atoms with Gasteiger partial charge in [0.2, 0.25) is 5.75 Å². The van der Waals surface area contributed by atoms with Gasteiger partial charge in [-0.1, -0.05) is 0 Å². The fourth-order valence-corrected chi connectivity index (χ4v) is 3.49. The molecule has 8 heteroatoms. The lowest BCUT2D eigenvalue weighted by atomic mass is 10.1. The number of hydrogen-bond donors (Lipinski definition) is 1. The number of aryl methyl sites for hydroxylation is 1. The Hall–Kier alpha value is -3.03. The van der Waals surface area contributed by atoms with Gasteiger partial charge in [0.1, 0.15) is 5.82 Å². The van der Waals surface area contributed by atoms with Crippen molar-refractivity contribution in [1.29, 1.82) is 0 Å². The SMILES string of the molecule is COc1cc(C(=O)N2CCCC2c2nc(C)c(C)c(=O)[nH]2)cc(OC)c1OC. The number of methoxy groups -OCH3 is 3. The zero-order valence-electron chi connectivity index (χ0n) is 16.8. The highest BCUT2D eigenvalue weighted by Crippen LogP contribution is 2.39. The first-order chi connectivity index (χ1) is 13.4.